The lowest BCUT2D eigenvalue weighted by atomic mass is 9.95. The number of likely N-dealkylation sites (tertiary alicyclic amines) is 1. The zero-order valence-electron chi connectivity index (χ0n) is 11.3. The van der Waals surface area contributed by atoms with Crippen LogP contribution in [0.1, 0.15) is 31.9 Å². The molecule has 0 aromatic heterocycles. The van der Waals surface area contributed by atoms with E-state index < -0.39 is 11.9 Å². The average molecular weight is 265 g/mol. The molecule has 1 aliphatic rings. The van der Waals surface area contributed by atoms with E-state index in [0.717, 1.165) is 0 Å². The molecule has 1 heterocycles. The van der Waals surface area contributed by atoms with Gasteiger partial charge < -0.3 is 10.0 Å². The first-order valence-electron chi connectivity index (χ1n) is 6.69. The monoisotopic (exact) mass is 265 g/mol. The fourth-order valence-electron chi connectivity index (χ4n) is 2.48. The highest BCUT2D eigenvalue weighted by molar-refractivity contribution is 5.78. The zero-order chi connectivity index (χ0) is 14.0. The van der Waals surface area contributed by atoms with Gasteiger partial charge in [0.25, 0.3) is 0 Å². The van der Waals surface area contributed by atoms with Gasteiger partial charge in [0, 0.05) is 18.5 Å². The van der Waals surface area contributed by atoms with E-state index in [1.807, 2.05) is 0 Å². The van der Waals surface area contributed by atoms with Crippen molar-refractivity contribution < 1.29 is 14.3 Å². The molecule has 1 aliphatic heterocycles. The number of β-amino-alcohol motifs (C(OH)–C–C–N with tert-alkyl or cyclic N) is 1. The van der Waals surface area contributed by atoms with Crippen molar-refractivity contribution in [2.45, 2.75) is 26.4 Å². The standard InChI is InChI=1S/C15H20FNO2/c1-10(2)11-7-15(19)17(8-11)9-14(18)12-5-3-4-6-13(12)16/h3-6,10-11,14,18H,7-9H2,1-2H3. The first-order chi connectivity index (χ1) is 8.99. The van der Waals surface area contributed by atoms with Crippen LogP contribution in [-0.4, -0.2) is 29.0 Å². The summed E-state index contributed by atoms with van der Waals surface area (Å²) in [5.41, 5.74) is 0.253. The third-order valence-corrected chi connectivity index (χ3v) is 3.84. The van der Waals surface area contributed by atoms with Crippen LogP contribution in [0.25, 0.3) is 0 Å². The molecule has 2 rings (SSSR count). The minimum atomic E-state index is -0.962. The number of rotatable bonds is 4. The quantitative estimate of drug-likeness (QED) is 0.908. The smallest absolute Gasteiger partial charge is 0.223 e. The molecular weight excluding hydrogens is 245 g/mol. The van der Waals surface area contributed by atoms with Gasteiger partial charge in [-0.2, -0.15) is 0 Å². The number of aliphatic hydroxyl groups excluding tert-OH is 1. The zero-order valence-corrected chi connectivity index (χ0v) is 11.3. The summed E-state index contributed by atoms with van der Waals surface area (Å²) in [6.07, 6.45) is -0.433. The lowest BCUT2D eigenvalue weighted by Crippen LogP contribution is -2.30. The van der Waals surface area contributed by atoms with Gasteiger partial charge in [0.2, 0.25) is 5.91 Å². The van der Waals surface area contributed by atoms with Gasteiger partial charge in [-0.05, 0) is 17.9 Å². The lowest BCUT2D eigenvalue weighted by molar-refractivity contribution is -0.129. The van der Waals surface area contributed by atoms with E-state index in [4.69, 9.17) is 0 Å². The van der Waals surface area contributed by atoms with Crippen molar-refractivity contribution in [1.82, 2.24) is 4.90 Å². The van der Waals surface area contributed by atoms with Crippen molar-refractivity contribution in [2.24, 2.45) is 11.8 Å². The van der Waals surface area contributed by atoms with Gasteiger partial charge in [0.1, 0.15) is 5.82 Å². The minimum Gasteiger partial charge on any atom is -0.386 e. The Kier molecular flexibility index (Phi) is 4.20. The number of hydrogen-bond donors (Lipinski definition) is 1. The SMILES string of the molecule is CC(C)C1CC(=O)N(CC(O)c2ccccc2F)C1. The number of halogens is 1. The summed E-state index contributed by atoms with van der Waals surface area (Å²) in [5.74, 6) is 0.399. The van der Waals surface area contributed by atoms with Crippen molar-refractivity contribution >= 4 is 5.91 Å². The van der Waals surface area contributed by atoms with Crippen molar-refractivity contribution in [3.05, 3.63) is 35.6 Å². The van der Waals surface area contributed by atoms with Crippen LogP contribution < -0.4 is 0 Å². The summed E-state index contributed by atoms with van der Waals surface area (Å²) >= 11 is 0. The Labute approximate surface area is 113 Å². The summed E-state index contributed by atoms with van der Waals surface area (Å²) in [6, 6.07) is 6.15. The molecule has 2 unspecified atom stereocenters. The average Bonchev–Trinajstić information content (AvgIpc) is 2.71. The van der Waals surface area contributed by atoms with Crippen LogP contribution in [0.5, 0.6) is 0 Å². The topological polar surface area (TPSA) is 40.5 Å². The maximum absolute atomic E-state index is 13.6. The molecule has 0 spiro atoms. The van der Waals surface area contributed by atoms with Gasteiger partial charge in [-0.25, -0.2) is 4.39 Å². The van der Waals surface area contributed by atoms with Gasteiger partial charge in [0.05, 0.1) is 12.6 Å². The second-order valence-corrected chi connectivity index (χ2v) is 5.54. The summed E-state index contributed by atoms with van der Waals surface area (Å²) in [7, 11) is 0. The van der Waals surface area contributed by atoms with Gasteiger partial charge in [-0.1, -0.05) is 32.0 Å². The van der Waals surface area contributed by atoms with E-state index in [2.05, 4.69) is 13.8 Å². The molecule has 1 aromatic carbocycles. The largest absolute Gasteiger partial charge is 0.386 e. The number of amides is 1. The van der Waals surface area contributed by atoms with E-state index in [-0.39, 0.29) is 18.0 Å². The molecule has 0 saturated carbocycles. The number of carbonyl (C=O) groups is 1. The fourth-order valence-corrected chi connectivity index (χ4v) is 2.48. The maximum atomic E-state index is 13.6. The second-order valence-electron chi connectivity index (χ2n) is 5.54. The molecule has 0 bridgehead atoms. The third kappa shape index (κ3) is 3.13. The highest BCUT2D eigenvalue weighted by Crippen LogP contribution is 2.27. The number of nitrogens with zero attached hydrogens (tertiary/aromatic N) is 1. The molecule has 3 nitrogen and oxygen atoms in total. The van der Waals surface area contributed by atoms with Crippen LogP contribution >= 0.6 is 0 Å². The van der Waals surface area contributed by atoms with Crippen molar-refractivity contribution in [2.75, 3.05) is 13.1 Å². The highest BCUT2D eigenvalue weighted by Gasteiger charge is 2.32. The van der Waals surface area contributed by atoms with Crippen LogP contribution in [0, 0.1) is 17.7 Å². The predicted molar refractivity (Wildman–Crippen MR) is 70.9 cm³/mol. The Morgan fingerprint density at radius 2 is 2.11 bits per heavy atom. The second kappa shape index (κ2) is 5.70. The van der Waals surface area contributed by atoms with E-state index in [0.29, 0.717) is 24.8 Å². The summed E-state index contributed by atoms with van der Waals surface area (Å²) < 4.78 is 13.6. The van der Waals surface area contributed by atoms with Crippen LogP contribution in [-0.2, 0) is 4.79 Å². The van der Waals surface area contributed by atoms with Crippen molar-refractivity contribution in [3.8, 4) is 0 Å². The molecule has 104 valence electrons. The Morgan fingerprint density at radius 1 is 1.42 bits per heavy atom. The van der Waals surface area contributed by atoms with Gasteiger partial charge in [-0.15, -0.1) is 0 Å². The Balaban J connectivity index is 2.02. The number of carbonyl (C=O) groups excluding carboxylic acids is 1. The van der Waals surface area contributed by atoms with Crippen LogP contribution in [0.15, 0.2) is 24.3 Å². The maximum Gasteiger partial charge on any atom is 0.223 e. The normalized spacial score (nSPS) is 21.2. The molecule has 1 fully saturated rings. The van der Waals surface area contributed by atoms with Gasteiger partial charge in [-0.3, -0.25) is 4.79 Å². The first-order valence-corrected chi connectivity index (χ1v) is 6.69. The highest BCUT2D eigenvalue weighted by atomic mass is 19.1. The van der Waals surface area contributed by atoms with Crippen LogP contribution in [0.2, 0.25) is 0 Å². The molecule has 4 heteroatoms. The van der Waals surface area contributed by atoms with Crippen LogP contribution in [0.4, 0.5) is 4.39 Å². The number of hydrogen-bond acceptors (Lipinski definition) is 2. The molecule has 0 radical (unpaired) electrons. The number of benzene rings is 1. The van der Waals surface area contributed by atoms with Gasteiger partial charge >= 0.3 is 0 Å². The predicted octanol–water partition coefficient (Wildman–Crippen LogP) is 2.36. The Morgan fingerprint density at radius 3 is 2.68 bits per heavy atom. The molecular formula is C15H20FNO2. The minimum absolute atomic E-state index is 0.0501. The molecule has 1 aromatic rings. The van der Waals surface area contributed by atoms with Crippen molar-refractivity contribution in [3.63, 3.8) is 0 Å². The van der Waals surface area contributed by atoms with Crippen LogP contribution in [0.3, 0.4) is 0 Å². The van der Waals surface area contributed by atoms with E-state index in [9.17, 15) is 14.3 Å². The van der Waals surface area contributed by atoms with Gasteiger partial charge in [0.15, 0.2) is 0 Å². The van der Waals surface area contributed by atoms with E-state index in [1.54, 1.807) is 23.1 Å². The fraction of sp³-hybridized carbons (Fsp3) is 0.533. The number of aliphatic hydroxyl groups is 1. The molecule has 1 saturated heterocycles. The first kappa shape index (κ1) is 14.0. The molecule has 2 atom stereocenters. The Bertz CT molecular complexity index is 461. The summed E-state index contributed by atoms with van der Waals surface area (Å²) in [5, 5.41) is 10.1. The van der Waals surface area contributed by atoms with Crippen molar-refractivity contribution in [1.29, 1.82) is 0 Å². The molecule has 0 aliphatic carbocycles. The molecule has 19 heavy (non-hydrogen) atoms. The summed E-state index contributed by atoms with van der Waals surface area (Å²) in [4.78, 5) is 13.5. The molecule has 1 N–H and O–H groups in total. The summed E-state index contributed by atoms with van der Waals surface area (Å²) in [6.45, 7) is 5.01. The molecule has 1 amide bonds. The third-order valence-electron chi connectivity index (χ3n) is 3.84. The lowest BCUT2D eigenvalue weighted by Gasteiger charge is -2.22. The van der Waals surface area contributed by atoms with E-state index >= 15 is 0 Å². The van der Waals surface area contributed by atoms with E-state index in [1.165, 1.54) is 6.07 Å². The Hall–Kier alpha value is -1.42.